The molecule has 5 N–H and O–H groups in total. The summed E-state index contributed by atoms with van der Waals surface area (Å²) in [5.74, 6) is 1.02. The van der Waals surface area contributed by atoms with Crippen LogP contribution in [0, 0.1) is 0 Å². The van der Waals surface area contributed by atoms with Gasteiger partial charge in [-0.1, -0.05) is 0 Å². The monoisotopic (exact) mass is 449 g/mol. The van der Waals surface area contributed by atoms with Crippen LogP contribution in [-0.2, 0) is 6.42 Å². The van der Waals surface area contributed by atoms with Crippen LogP contribution in [0.4, 0.5) is 0 Å². The van der Waals surface area contributed by atoms with Gasteiger partial charge in [0.25, 0.3) is 5.56 Å². The van der Waals surface area contributed by atoms with Crippen LogP contribution in [0.1, 0.15) is 29.8 Å². The van der Waals surface area contributed by atoms with Crippen LogP contribution in [0.15, 0.2) is 52.1 Å². The number of nitrogens with zero attached hydrogens (tertiary/aromatic N) is 1. The third kappa shape index (κ3) is 3.46. The van der Waals surface area contributed by atoms with Crippen LogP contribution in [0.5, 0.6) is 17.4 Å². The summed E-state index contributed by atoms with van der Waals surface area (Å²) < 4.78 is 11.9. The Morgan fingerprint density at radius 2 is 1.88 bits per heavy atom. The van der Waals surface area contributed by atoms with Crippen molar-refractivity contribution < 1.29 is 19.9 Å². The summed E-state index contributed by atoms with van der Waals surface area (Å²) >= 11 is 0. The molecular weight excluding hydrogens is 424 g/mol. The first-order valence-corrected chi connectivity index (χ1v) is 10.8. The fourth-order valence-electron chi connectivity index (χ4n) is 4.60. The van der Waals surface area contributed by atoms with Crippen LogP contribution in [-0.4, -0.2) is 39.9 Å². The Bertz CT molecular complexity index is 1450. The minimum Gasteiger partial charge on any atom is -0.497 e. The number of nitrogens with two attached hydrogens (primary N) is 1. The molecule has 0 bridgehead atoms. The fraction of sp³-hybridized carbons (Fsp3) is 0.250. The molecule has 170 valence electrons. The second kappa shape index (κ2) is 8.18. The van der Waals surface area contributed by atoms with Gasteiger partial charge in [-0.2, -0.15) is 0 Å². The Hall–Kier alpha value is -3.98. The first kappa shape index (κ1) is 20.9. The summed E-state index contributed by atoms with van der Waals surface area (Å²) in [5.41, 5.74) is 2.08. The van der Waals surface area contributed by atoms with Gasteiger partial charge in [0.2, 0.25) is 5.88 Å². The molecule has 1 atom stereocenters. The molecule has 0 amide bonds. The minimum absolute atomic E-state index is 0.128. The van der Waals surface area contributed by atoms with Gasteiger partial charge in [0.15, 0.2) is 6.04 Å². The van der Waals surface area contributed by atoms with Crippen molar-refractivity contribution in [3.8, 4) is 23.1 Å². The molecule has 33 heavy (non-hydrogen) atoms. The van der Waals surface area contributed by atoms with E-state index in [1.807, 2.05) is 30.4 Å². The van der Waals surface area contributed by atoms with Gasteiger partial charge >= 0.3 is 5.69 Å². The molecule has 0 radical (unpaired) electrons. The smallest absolute Gasteiger partial charge is 0.335 e. The van der Waals surface area contributed by atoms with Gasteiger partial charge in [-0.25, -0.2) is 9.36 Å². The van der Waals surface area contributed by atoms with E-state index < -0.39 is 17.3 Å². The van der Waals surface area contributed by atoms with Gasteiger partial charge in [0, 0.05) is 17.3 Å². The zero-order valence-corrected chi connectivity index (χ0v) is 18.3. The summed E-state index contributed by atoms with van der Waals surface area (Å²) in [6.45, 7) is 3.12. The average molecular weight is 449 g/mol. The number of hydrogen-bond acceptors (Lipinski definition) is 5. The molecule has 0 saturated carbocycles. The molecule has 0 aliphatic carbocycles. The van der Waals surface area contributed by atoms with E-state index in [1.165, 1.54) is 0 Å². The quantitative estimate of drug-likeness (QED) is 0.366. The van der Waals surface area contributed by atoms with E-state index in [-0.39, 0.29) is 11.4 Å². The van der Waals surface area contributed by atoms with Crippen molar-refractivity contribution in [2.45, 2.75) is 19.4 Å². The fourth-order valence-corrected chi connectivity index (χ4v) is 4.60. The number of hydrogen-bond donors (Lipinski definition) is 4. The number of aromatic amines is 2. The Labute approximate surface area is 188 Å². The molecule has 5 rings (SSSR count). The number of nitrogens with one attached hydrogen (secondary N) is 2. The highest BCUT2D eigenvalue weighted by atomic mass is 16.5. The first-order chi connectivity index (χ1) is 16.0. The van der Waals surface area contributed by atoms with Crippen LogP contribution in [0.25, 0.3) is 16.6 Å². The Balaban J connectivity index is 1.66. The lowest BCUT2D eigenvalue weighted by Crippen LogP contribution is -2.87. The van der Waals surface area contributed by atoms with Crippen LogP contribution < -0.4 is 26.0 Å². The highest BCUT2D eigenvalue weighted by molar-refractivity contribution is 5.86. The molecular formula is C24H25N4O5+. The highest BCUT2D eigenvalue weighted by Crippen LogP contribution is 2.34. The standard InChI is InChI=1S/C24H24N4O5/c1-3-33-14-6-4-13(5-7-14)28-23(30)19(22(29)27-24(28)31)21-20-16(10-11-25-21)17-12-15(32-2)8-9-18(17)26-20/h4-9,12,21,25-26,30H,3,10-11H2,1-2H3,(H,27,29,31)/p+1/t21-/m1/s1. The Morgan fingerprint density at radius 1 is 1.12 bits per heavy atom. The molecule has 0 spiro atoms. The Morgan fingerprint density at radius 3 is 2.61 bits per heavy atom. The predicted octanol–water partition coefficient (Wildman–Crippen LogP) is 1.33. The highest BCUT2D eigenvalue weighted by Gasteiger charge is 2.34. The molecule has 1 aliphatic rings. The van der Waals surface area contributed by atoms with Crippen molar-refractivity contribution in [2.75, 3.05) is 20.3 Å². The van der Waals surface area contributed by atoms with E-state index in [0.717, 1.165) is 45.4 Å². The predicted molar refractivity (Wildman–Crippen MR) is 123 cm³/mol. The number of aromatic hydroxyl groups is 1. The van der Waals surface area contributed by atoms with Gasteiger partial charge in [-0.3, -0.25) is 9.78 Å². The number of methoxy groups -OCH3 is 1. The zero-order chi connectivity index (χ0) is 23.1. The topological polar surface area (TPSA) is 126 Å². The first-order valence-electron chi connectivity index (χ1n) is 10.8. The second-order valence-corrected chi connectivity index (χ2v) is 7.94. The number of fused-ring (bicyclic) bond motifs is 3. The SMILES string of the molecule is CCOc1ccc(-n2c(O)c([C@H]3[NH2+]CCc4c3[nH]c3ccc(OC)cc43)c(=O)[nH]c2=O)cc1. The zero-order valence-electron chi connectivity index (χ0n) is 18.3. The molecule has 0 fully saturated rings. The van der Waals surface area contributed by atoms with Gasteiger partial charge in [0.1, 0.15) is 17.1 Å². The summed E-state index contributed by atoms with van der Waals surface area (Å²) in [5, 5.41) is 14.2. The maximum atomic E-state index is 12.9. The second-order valence-electron chi connectivity index (χ2n) is 7.94. The van der Waals surface area contributed by atoms with E-state index >= 15 is 0 Å². The largest absolute Gasteiger partial charge is 0.497 e. The lowest BCUT2D eigenvalue weighted by atomic mass is 9.95. The van der Waals surface area contributed by atoms with Crippen molar-refractivity contribution in [1.82, 2.24) is 14.5 Å². The van der Waals surface area contributed by atoms with Crippen LogP contribution >= 0.6 is 0 Å². The molecule has 0 saturated heterocycles. The van der Waals surface area contributed by atoms with E-state index in [1.54, 1.807) is 31.4 Å². The molecule has 9 heteroatoms. The number of benzene rings is 2. The number of H-pyrrole nitrogens is 2. The van der Waals surface area contributed by atoms with Gasteiger partial charge in [0.05, 0.1) is 31.6 Å². The van der Waals surface area contributed by atoms with E-state index in [2.05, 4.69) is 9.97 Å². The average Bonchev–Trinajstić information content (AvgIpc) is 3.19. The normalized spacial score (nSPS) is 15.4. The molecule has 3 heterocycles. The molecule has 9 nitrogen and oxygen atoms in total. The lowest BCUT2D eigenvalue weighted by Gasteiger charge is -2.22. The van der Waals surface area contributed by atoms with E-state index in [0.29, 0.717) is 18.0 Å². The minimum atomic E-state index is -0.706. The van der Waals surface area contributed by atoms with Crippen LogP contribution in [0.2, 0.25) is 0 Å². The van der Waals surface area contributed by atoms with E-state index in [9.17, 15) is 14.7 Å². The third-order valence-electron chi connectivity index (χ3n) is 6.09. The van der Waals surface area contributed by atoms with Crippen molar-refractivity contribution in [3.63, 3.8) is 0 Å². The summed E-state index contributed by atoms with van der Waals surface area (Å²) in [7, 11) is 1.62. The molecule has 0 unspecified atom stereocenters. The summed E-state index contributed by atoms with van der Waals surface area (Å²) in [4.78, 5) is 31.3. The molecule has 2 aromatic carbocycles. The number of rotatable bonds is 5. The maximum Gasteiger partial charge on any atom is 0.335 e. The summed E-state index contributed by atoms with van der Waals surface area (Å²) in [6, 6.07) is 12.0. The summed E-state index contributed by atoms with van der Waals surface area (Å²) in [6.07, 6.45) is 0.802. The molecule has 2 aromatic heterocycles. The van der Waals surface area contributed by atoms with Gasteiger partial charge in [-0.05, 0) is 55.0 Å². The number of ether oxygens (including phenoxy) is 2. The van der Waals surface area contributed by atoms with Crippen molar-refractivity contribution in [1.29, 1.82) is 0 Å². The van der Waals surface area contributed by atoms with Crippen molar-refractivity contribution in [2.24, 2.45) is 0 Å². The maximum absolute atomic E-state index is 12.9. The Kier molecular flexibility index (Phi) is 5.18. The third-order valence-corrected chi connectivity index (χ3v) is 6.09. The molecule has 4 aromatic rings. The number of aromatic nitrogens is 3. The molecule has 1 aliphatic heterocycles. The van der Waals surface area contributed by atoms with E-state index in [4.69, 9.17) is 9.47 Å². The lowest BCUT2D eigenvalue weighted by molar-refractivity contribution is -0.690. The van der Waals surface area contributed by atoms with Gasteiger partial charge in [-0.15, -0.1) is 0 Å². The van der Waals surface area contributed by atoms with Gasteiger partial charge < -0.3 is 24.9 Å². The van der Waals surface area contributed by atoms with Crippen molar-refractivity contribution in [3.05, 3.63) is 80.1 Å². The van der Waals surface area contributed by atoms with Crippen LogP contribution in [0.3, 0.4) is 0 Å². The number of quaternary nitrogens is 1. The van der Waals surface area contributed by atoms with Crippen molar-refractivity contribution >= 4 is 10.9 Å².